The highest BCUT2D eigenvalue weighted by atomic mass is 32.2. The Morgan fingerprint density at radius 1 is 1.17 bits per heavy atom. The zero-order valence-electron chi connectivity index (χ0n) is 13.1. The van der Waals surface area contributed by atoms with Crippen molar-refractivity contribution in [3.63, 3.8) is 0 Å². The maximum absolute atomic E-state index is 12.0. The molecule has 0 aliphatic rings. The van der Waals surface area contributed by atoms with Crippen LogP contribution >= 0.6 is 11.8 Å². The molecule has 3 rings (SSSR count). The number of aryl methyl sites for hydroxylation is 1. The number of pyridine rings is 1. The van der Waals surface area contributed by atoms with Crippen LogP contribution in [0.25, 0.3) is 11.4 Å². The Labute approximate surface area is 143 Å². The zero-order valence-corrected chi connectivity index (χ0v) is 13.9. The van der Waals surface area contributed by atoms with Gasteiger partial charge in [0.2, 0.25) is 17.6 Å². The summed E-state index contributed by atoms with van der Waals surface area (Å²) in [5.74, 6) is 0.853. The third-order valence-electron chi connectivity index (χ3n) is 3.35. The quantitative estimate of drug-likeness (QED) is 0.693. The van der Waals surface area contributed by atoms with E-state index < -0.39 is 0 Å². The molecule has 7 heteroatoms. The van der Waals surface area contributed by atoms with Gasteiger partial charge in [-0.05, 0) is 42.7 Å². The molecule has 0 aliphatic heterocycles. The Bertz CT molecular complexity index is 803. The number of benzene rings is 1. The molecule has 0 saturated carbocycles. The van der Waals surface area contributed by atoms with Crippen molar-refractivity contribution < 1.29 is 9.32 Å². The first-order valence-electron chi connectivity index (χ1n) is 7.41. The van der Waals surface area contributed by atoms with Gasteiger partial charge in [0.05, 0.1) is 0 Å². The fraction of sp³-hybridized carbons (Fsp3) is 0.176. The van der Waals surface area contributed by atoms with E-state index in [1.165, 1.54) is 0 Å². The molecule has 122 valence electrons. The Morgan fingerprint density at radius 3 is 2.62 bits per heavy atom. The number of anilines is 1. The first kappa shape index (κ1) is 16.2. The molecule has 0 spiro atoms. The van der Waals surface area contributed by atoms with Gasteiger partial charge < -0.3 is 9.84 Å². The maximum atomic E-state index is 12.0. The molecule has 2 aromatic heterocycles. The minimum Gasteiger partial charge on any atom is -0.339 e. The lowest BCUT2D eigenvalue weighted by Crippen LogP contribution is -2.12. The van der Waals surface area contributed by atoms with Gasteiger partial charge in [-0.2, -0.15) is 4.98 Å². The summed E-state index contributed by atoms with van der Waals surface area (Å²) in [6.45, 7) is 0. The molecule has 0 radical (unpaired) electrons. The van der Waals surface area contributed by atoms with Crippen LogP contribution in [0.3, 0.4) is 0 Å². The fourth-order valence-corrected chi connectivity index (χ4v) is 2.50. The lowest BCUT2D eigenvalue weighted by molar-refractivity contribution is -0.116. The summed E-state index contributed by atoms with van der Waals surface area (Å²) in [5.41, 5.74) is 1.61. The van der Waals surface area contributed by atoms with Crippen LogP contribution in [-0.4, -0.2) is 27.3 Å². The summed E-state index contributed by atoms with van der Waals surface area (Å²) in [5, 5.41) is 6.78. The highest BCUT2D eigenvalue weighted by molar-refractivity contribution is 7.98. The van der Waals surface area contributed by atoms with Gasteiger partial charge in [-0.15, -0.1) is 11.8 Å². The molecule has 1 amide bonds. The first-order chi connectivity index (χ1) is 11.7. The van der Waals surface area contributed by atoms with Gasteiger partial charge in [-0.1, -0.05) is 5.16 Å². The summed E-state index contributed by atoms with van der Waals surface area (Å²) >= 11 is 1.66. The monoisotopic (exact) mass is 340 g/mol. The molecule has 0 aliphatic carbocycles. The third-order valence-corrected chi connectivity index (χ3v) is 4.09. The highest BCUT2D eigenvalue weighted by Crippen LogP contribution is 2.18. The summed E-state index contributed by atoms with van der Waals surface area (Å²) in [4.78, 5) is 21.4. The number of nitrogens with one attached hydrogen (secondary N) is 1. The normalized spacial score (nSPS) is 10.5. The average molecular weight is 340 g/mol. The van der Waals surface area contributed by atoms with E-state index in [4.69, 9.17) is 4.52 Å². The van der Waals surface area contributed by atoms with Gasteiger partial charge in [0.25, 0.3) is 0 Å². The van der Waals surface area contributed by atoms with Crippen molar-refractivity contribution in [2.24, 2.45) is 0 Å². The second kappa shape index (κ2) is 7.74. The maximum Gasteiger partial charge on any atom is 0.227 e. The van der Waals surface area contributed by atoms with E-state index in [9.17, 15) is 4.79 Å². The topological polar surface area (TPSA) is 80.9 Å². The average Bonchev–Trinajstić information content (AvgIpc) is 3.10. The van der Waals surface area contributed by atoms with Crippen molar-refractivity contribution in [2.75, 3.05) is 11.6 Å². The summed E-state index contributed by atoms with van der Waals surface area (Å²) in [6, 6.07) is 11.3. The standard InChI is InChI=1S/C17H16N4O2S/c1-24-14-4-2-13(3-5-14)19-15(22)6-7-16-20-17(21-23-16)12-8-10-18-11-9-12/h2-5,8-11H,6-7H2,1H3,(H,19,22). The molecular formula is C17H16N4O2S. The Morgan fingerprint density at radius 2 is 1.92 bits per heavy atom. The van der Waals surface area contributed by atoms with Crippen molar-refractivity contribution in [3.8, 4) is 11.4 Å². The Hall–Kier alpha value is -2.67. The van der Waals surface area contributed by atoms with E-state index in [0.29, 0.717) is 18.1 Å². The van der Waals surface area contributed by atoms with Crippen LogP contribution in [0, 0.1) is 0 Å². The predicted molar refractivity (Wildman–Crippen MR) is 92.7 cm³/mol. The summed E-state index contributed by atoms with van der Waals surface area (Å²) in [6.07, 6.45) is 6.02. The number of rotatable bonds is 6. The molecule has 0 fully saturated rings. The molecule has 0 bridgehead atoms. The van der Waals surface area contributed by atoms with Crippen molar-refractivity contribution in [3.05, 3.63) is 54.7 Å². The number of carbonyl (C=O) groups is 1. The van der Waals surface area contributed by atoms with Crippen LogP contribution in [0.4, 0.5) is 5.69 Å². The van der Waals surface area contributed by atoms with Crippen molar-refractivity contribution >= 4 is 23.4 Å². The van der Waals surface area contributed by atoms with Crippen LogP contribution in [0.1, 0.15) is 12.3 Å². The number of aromatic nitrogens is 3. The SMILES string of the molecule is CSc1ccc(NC(=O)CCc2nc(-c3ccncc3)no2)cc1. The van der Waals surface area contributed by atoms with E-state index in [1.807, 2.05) is 30.5 Å². The van der Waals surface area contributed by atoms with Gasteiger partial charge in [-0.3, -0.25) is 9.78 Å². The van der Waals surface area contributed by atoms with E-state index in [0.717, 1.165) is 16.1 Å². The van der Waals surface area contributed by atoms with Gasteiger partial charge in [0.1, 0.15) is 0 Å². The lowest BCUT2D eigenvalue weighted by atomic mass is 10.2. The van der Waals surface area contributed by atoms with Crippen LogP contribution < -0.4 is 5.32 Å². The predicted octanol–water partition coefficient (Wildman–Crippen LogP) is 3.42. The number of nitrogens with zero attached hydrogens (tertiary/aromatic N) is 3. The van der Waals surface area contributed by atoms with Crippen LogP contribution in [-0.2, 0) is 11.2 Å². The fourth-order valence-electron chi connectivity index (χ4n) is 2.09. The third kappa shape index (κ3) is 4.20. The van der Waals surface area contributed by atoms with Crippen molar-refractivity contribution in [1.82, 2.24) is 15.1 Å². The van der Waals surface area contributed by atoms with Gasteiger partial charge in [0.15, 0.2) is 0 Å². The number of hydrogen-bond acceptors (Lipinski definition) is 6. The molecule has 2 heterocycles. The minimum absolute atomic E-state index is 0.0874. The van der Waals surface area contributed by atoms with Gasteiger partial charge >= 0.3 is 0 Å². The summed E-state index contributed by atoms with van der Waals surface area (Å²) < 4.78 is 5.19. The lowest BCUT2D eigenvalue weighted by Gasteiger charge is -2.04. The van der Waals surface area contributed by atoms with E-state index >= 15 is 0 Å². The van der Waals surface area contributed by atoms with Crippen molar-refractivity contribution in [1.29, 1.82) is 0 Å². The largest absolute Gasteiger partial charge is 0.339 e. The number of amides is 1. The van der Waals surface area contributed by atoms with Crippen LogP contribution in [0.2, 0.25) is 0 Å². The molecule has 0 saturated heterocycles. The molecule has 0 unspecified atom stereocenters. The second-order valence-electron chi connectivity index (χ2n) is 5.02. The van der Waals surface area contributed by atoms with Crippen molar-refractivity contribution in [2.45, 2.75) is 17.7 Å². The van der Waals surface area contributed by atoms with E-state index in [-0.39, 0.29) is 12.3 Å². The molecule has 3 aromatic rings. The first-order valence-corrected chi connectivity index (χ1v) is 8.64. The summed E-state index contributed by atoms with van der Waals surface area (Å²) in [7, 11) is 0. The molecule has 6 nitrogen and oxygen atoms in total. The number of hydrogen-bond donors (Lipinski definition) is 1. The van der Waals surface area contributed by atoms with Crippen LogP contribution in [0.15, 0.2) is 58.2 Å². The second-order valence-corrected chi connectivity index (χ2v) is 5.90. The Kier molecular flexibility index (Phi) is 5.22. The smallest absolute Gasteiger partial charge is 0.227 e. The zero-order chi connectivity index (χ0) is 16.8. The highest BCUT2D eigenvalue weighted by Gasteiger charge is 2.10. The molecule has 0 atom stereocenters. The molecule has 24 heavy (non-hydrogen) atoms. The van der Waals surface area contributed by atoms with E-state index in [2.05, 4.69) is 20.4 Å². The molecular weight excluding hydrogens is 324 g/mol. The molecule has 1 aromatic carbocycles. The van der Waals surface area contributed by atoms with Gasteiger partial charge in [-0.25, -0.2) is 0 Å². The van der Waals surface area contributed by atoms with Gasteiger partial charge in [0, 0.05) is 41.4 Å². The van der Waals surface area contributed by atoms with Crippen LogP contribution in [0.5, 0.6) is 0 Å². The molecule has 1 N–H and O–H groups in total. The number of carbonyl (C=O) groups excluding carboxylic acids is 1. The Balaban J connectivity index is 1.53. The van der Waals surface area contributed by atoms with E-state index in [1.54, 1.807) is 36.3 Å². The minimum atomic E-state index is -0.0874. The number of thioether (sulfide) groups is 1.